The summed E-state index contributed by atoms with van der Waals surface area (Å²) in [6, 6.07) is 22.7. The number of hydrogen-bond acceptors (Lipinski definition) is 3. The minimum Gasteiger partial charge on any atom is -0.493 e. The number of urea groups is 1. The number of ether oxygens (including phenoxy) is 2. The standard InChI is InChI=1S/C32H28F6N2O3/c1-21(24-11-7-4-8-12-24)40(30(41)39-27-17-25(31(33,34)35)16-26(18-27)32(36,37)38)19-23-13-14-28(42-2)29(15-23)43-20-22-9-5-3-6-10-22/h3-18,21H,19-20H2,1-2H3,(H,39,41). The number of nitrogens with one attached hydrogen (secondary N) is 1. The van der Waals surface area contributed by atoms with Gasteiger partial charge in [-0.15, -0.1) is 0 Å². The molecule has 4 rings (SSSR count). The van der Waals surface area contributed by atoms with Crippen LogP contribution in [0.5, 0.6) is 11.5 Å². The van der Waals surface area contributed by atoms with Crippen LogP contribution in [-0.2, 0) is 25.5 Å². The van der Waals surface area contributed by atoms with Crippen LogP contribution in [0.25, 0.3) is 0 Å². The third-order valence-electron chi connectivity index (χ3n) is 6.67. The van der Waals surface area contributed by atoms with Crippen molar-refractivity contribution in [3.05, 3.63) is 125 Å². The van der Waals surface area contributed by atoms with E-state index in [-0.39, 0.29) is 19.2 Å². The minimum atomic E-state index is -5.06. The van der Waals surface area contributed by atoms with Crippen molar-refractivity contribution in [2.75, 3.05) is 12.4 Å². The average molecular weight is 603 g/mol. The molecule has 0 saturated heterocycles. The van der Waals surface area contributed by atoms with Crippen LogP contribution in [-0.4, -0.2) is 18.0 Å². The molecule has 0 aliphatic rings. The van der Waals surface area contributed by atoms with Crippen LogP contribution in [0.4, 0.5) is 36.8 Å². The van der Waals surface area contributed by atoms with Gasteiger partial charge in [0.2, 0.25) is 0 Å². The zero-order valence-electron chi connectivity index (χ0n) is 23.2. The fourth-order valence-corrected chi connectivity index (χ4v) is 4.38. The summed E-state index contributed by atoms with van der Waals surface area (Å²) < 4.78 is 91.9. The largest absolute Gasteiger partial charge is 0.493 e. The van der Waals surface area contributed by atoms with Crippen molar-refractivity contribution >= 4 is 11.7 Å². The Labute approximate surface area is 244 Å². The van der Waals surface area contributed by atoms with Crippen LogP contribution in [0.15, 0.2) is 97.1 Å². The maximum absolute atomic E-state index is 13.6. The van der Waals surface area contributed by atoms with Crippen molar-refractivity contribution in [2.24, 2.45) is 0 Å². The molecule has 226 valence electrons. The highest BCUT2D eigenvalue weighted by Gasteiger charge is 2.37. The Kier molecular flexibility index (Phi) is 9.53. The molecule has 0 fully saturated rings. The fourth-order valence-electron chi connectivity index (χ4n) is 4.38. The number of nitrogens with zero attached hydrogens (tertiary/aromatic N) is 1. The number of halogens is 6. The molecule has 0 aromatic heterocycles. The monoisotopic (exact) mass is 602 g/mol. The van der Waals surface area contributed by atoms with Crippen molar-refractivity contribution < 1.29 is 40.6 Å². The molecule has 0 aliphatic heterocycles. The van der Waals surface area contributed by atoms with E-state index in [1.165, 1.54) is 12.0 Å². The molecule has 11 heteroatoms. The molecule has 0 bridgehead atoms. The van der Waals surface area contributed by atoms with E-state index in [0.29, 0.717) is 34.8 Å². The average Bonchev–Trinajstić information content (AvgIpc) is 2.98. The van der Waals surface area contributed by atoms with E-state index in [2.05, 4.69) is 5.32 Å². The summed E-state index contributed by atoms with van der Waals surface area (Å²) >= 11 is 0. The van der Waals surface area contributed by atoms with Crippen LogP contribution in [0, 0.1) is 0 Å². The number of methoxy groups -OCH3 is 1. The maximum atomic E-state index is 13.6. The van der Waals surface area contributed by atoms with Crippen molar-refractivity contribution in [1.29, 1.82) is 0 Å². The summed E-state index contributed by atoms with van der Waals surface area (Å²) in [4.78, 5) is 14.9. The zero-order chi connectivity index (χ0) is 31.2. The molecule has 1 atom stereocenters. The minimum absolute atomic E-state index is 0.00828. The van der Waals surface area contributed by atoms with Crippen LogP contribution in [0.1, 0.15) is 40.8 Å². The Bertz CT molecular complexity index is 1490. The Balaban J connectivity index is 1.66. The highest BCUT2D eigenvalue weighted by molar-refractivity contribution is 5.90. The first-order valence-electron chi connectivity index (χ1n) is 13.1. The van der Waals surface area contributed by atoms with E-state index in [9.17, 15) is 31.1 Å². The lowest BCUT2D eigenvalue weighted by atomic mass is 10.1. The lowest BCUT2D eigenvalue weighted by Gasteiger charge is -2.30. The first kappa shape index (κ1) is 31.3. The molecule has 2 amide bonds. The summed E-state index contributed by atoms with van der Waals surface area (Å²) in [6.45, 7) is 1.89. The van der Waals surface area contributed by atoms with Crippen molar-refractivity contribution in [3.8, 4) is 11.5 Å². The van der Waals surface area contributed by atoms with Gasteiger partial charge in [0.1, 0.15) is 6.61 Å². The normalized spacial score (nSPS) is 12.4. The molecule has 1 N–H and O–H groups in total. The SMILES string of the molecule is COc1ccc(CN(C(=O)Nc2cc(C(F)(F)F)cc(C(F)(F)F)c2)C(C)c2ccccc2)cc1OCc1ccccc1. The van der Waals surface area contributed by atoms with Crippen molar-refractivity contribution in [1.82, 2.24) is 4.90 Å². The number of alkyl halides is 6. The third-order valence-corrected chi connectivity index (χ3v) is 6.67. The predicted molar refractivity (Wildman–Crippen MR) is 150 cm³/mol. The lowest BCUT2D eigenvalue weighted by molar-refractivity contribution is -0.143. The summed E-state index contributed by atoms with van der Waals surface area (Å²) in [5.74, 6) is 0.833. The summed E-state index contributed by atoms with van der Waals surface area (Å²) in [5, 5.41) is 2.25. The van der Waals surface area contributed by atoms with E-state index >= 15 is 0 Å². The molecule has 0 heterocycles. The van der Waals surface area contributed by atoms with Gasteiger partial charge in [0.25, 0.3) is 0 Å². The number of hydrogen-bond donors (Lipinski definition) is 1. The molecule has 1 unspecified atom stereocenters. The number of anilines is 1. The van der Waals surface area contributed by atoms with Gasteiger partial charge in [-0.2, -0.15) is 26.3 Å². The number of benzene rings is 4. The van der Waals surface area contributed by atoms with Gasteiger partial charge in [-0.05, 0) is 53.9 Å². The quantitative estimate of drug-likeness (QED) is 0.195. The van der Waals surface area contributed by atoms with Gasteiger partial charge < -0.3 is 19.7 Å². The van der Waals surface area contributed by atoms with Crippen molar-refractivity contribution in [2.45, 2.75) is 38.5 Å². The Morgan fingerprint density at radius 2 is 1.35 bits per heavy atom. The molecule has 0 radical (unpaired) electrons. The lowest BCUT2D eigenvalue weighted by Crippen LogP contribution is -2.36. The smallest absolute Gasteiger partial charge is 0.416 e. The van der Waals surface area contributed by atoms with Crippen LogP contribution >= 0.6 is 0 Å². The van der Waals surface area contributed by atoms with Gasteiger partial charge in [-0.1, -0.05) is 66.7 Å². The van der Waals surface area contributed by atoms with Gasteiger partial charge in [0.05, 0.1) is 24.3 Å². The zero-order valence-corrected chi connectivity index (χ0v) is 23.2. The van der Waals surface area contributed by atoms with Crippen LogP contribution < -0.4 is 14.8 Å². The van der Waals surface area contributed by atoms with E-state index in [4.69, 9.17) is 9.47 Å². The second-order valence-corrected chi connectivity index (χ2v) is 9.70. The van der Waals surface area contributed by atoms with Gasteiger partial charge in [-0.3, -0.25) is 0 Å². The van der Waals surface area contributed by atoms with E-state index in [0.717, 1.165) is 5.56 Å². The highest BCUT2D eigenvalue weighted by atomic mass is 19.4. The first-order chi connectivity index (χ1) is 20.3. The highest BCUT2D eigenvalue weighted by Crippen LogP contribution is 2.38. The van der Waals surface area contributed by atoms with Gasteiger partial charge in [-0.25, -0.2) is 4.79 Å². The maximum Gasteiger partial charge on any atom is 0.416 e. The van der Waals surface area contributed by atoms with E-state index < -0.39 is 41.2 Å². The number of carbonyl (C=O) groups is 1. The molecule has 5 nitrogen and oxygen atoms in total. The topological polar surface area (TPSA) is 50.8 Å². The fraction of sp³-hybridized carbons (Fsp3) is 0.219. The molecular formula is C32H28F6N2O3. The first-order valence-corrected chi connectivity index (χ1v) is 13.1. The van der Waals surface area contributed by atoms with E-state index in [1.807, 2.05) is 30.3 Å². The van der Waals surface area contributed by atoms with Gasteiger partial charge in [0.15, 0.2) is 11.5 Å². The predicted octanol–water partition coefficient (Wildman–Crippen LogP) is 9.11. The molecule has 4 aromatic rings. The Hall–Kier alpha value is -4.67. The molecule has 0 saturated carbocycles. The molecule has 43 heavy (non-hydrogen) atoms. The van der Waals surface area contributed by atoms with Crippen LogP contribution in [0.2, 0.25) is 0 Å². The summed E-state index contributed by atoms with van der Waals surface area (Å²) in [7, 11) is 1.48. The van der Waals surface area contributed by atoms with Gasteiger partial charge in [0, 0.05) is 12.2 Å². The van der Waals surface area contributed by atoms with E-state index in [1.54, 1.807) is 55.5 Å². The Morgan fingerprint density at radius 1 is 0.767 bits per heavy atom. The summed E-state index contributed by atoms with van der Waals surface area (Å²) in [6.07, 6.45) is -10.1. The summed E-state index contributed by atoms with van der Waals surface area (Å²) in [5.41, 5.74) is -1.51. The van der Waals surface area contributed by atoms with Gasteiger partial charge >= 0.3 is 18.4 Å². The molecule has 0 aliphatic carbocycles. The number of amides is 2. The molecule has 4 aromatic carbocycles. The number of carbonyl (C=O) groups excluding carboxylic acids is 1. The molecular weight excluding hydrogens is 574 g/mol. The second-order valence-electron chi connectivity index (χ2n) is 9.70. The van der Waals surface area contributed by atoms with Crippen molar-refractivity contribution in [3.63, 3.8) is 0 Å². The third kappa shape index (κ3) is 8.21. The Morgan fingerprint density at radius 3 is 1.91 bits per heavy atom. The second kappa shape index (κ2) is 13.1. The van der Waals surface area contributed by atoms with Crippen LogP contribution in [0.3, 0.4) is 0 Å². The number of rotatable bonds is 9. The molecule has 0 spiro atoms.